The summed E-state index contributed by atoms with van der Waals surface area (Å²) in [4.78, 5) is 34.1. The molecular formula is C23H30N8O2S. The lowest BCUT2D eigenvalue weighted by atomic mass is 10.2. The third-order valence-corrected chi connectivity index (χ3v) is 7.10. The van der Waals surface area contributed by atoms with Gasteiger partial charge in [0, 0.05) is 47.1 Å². The van der Waals surface area contributed by atoms with Gasteiger partial charge < -0.3 is 15.5 Å². The molecule has 1 aliphatic rings. The Morgan fingerprint density at radius 2 is 1.94 bits per heavy atom. The van der Waals surface area contributed by atoms with Crippen LogP contribution in [-0.2, 0) is 7.05 Å². The smallest absolute Gasteiger partial charge is 0.260 e. The number of nitrogens with zero attached hydrogens (tertiary/aromatic N) is 6. The molecule has 0 spiro atoms. The van der Waals surface area contributed by atoms with E-state index in [1.54, 1.807) is 34.6 Å². The number of nitrogens with one attached hydrogen (secondary N) is 2. The lowest BCUT2D eigenvalue weighted by Gasteiger charge is -2.15. The molecule has 4 aromatic rings. The number of aryl methyl sites for hydroxylation is 2. The van der Waals surface area contributed by atoms with Gasteiger partial charge in [0.15, 0.2) is 0 Å². The zero-order chi connectivity index (χ0) is 23.7. The summed E-state index contributed by atoms with van der Waals surface area (Å²) in [6, 6.07) is 1.67. The van der Waals surface area contributed by atoms with E-state index in [2.05, 4.69) is 30.7 Å². The number of anilines is 1. The Morgan fingerprint density at radius 1 is 1.12 bits per heavy atom. The van der Waals surface area contributed by atoms with Crippen molar-refractivity contribution in [3.8, 4) is 10.4 Å². The summed E-state index contributed by atoms with van der Waals surface area (Å²) in [7, 11) is 1.86. The van der Waals surface area contributed by atoms with Crippen LogP contribution in [0.5, 0.6) is 0 Å². The molecule has 0 saturated carbocycles. The largest absolute Gasteiger partial charge is 0.351 e. The first kappa shape index (κ1) is 22.2. The van der Waals surface area contributed by atoms with E-state index in [4.69, 9.17) is 0 Å². The number of fused-ring (bicyclic) bond motifs is 1. The maximum atomic E-state index is 13.1. The van der Waals surface area contributed by atoms with Gasteiger partial charge in [-0.05, 0) is 38.9 Å². The van der Waals surface area contributed by atoms with Crippen LogP contribution in [0.2, 0.25) is 0 Å². The molecule has 0 bridgehead atoms. The summed E-state index contributed by atoms with van der Waals surface area (Å²) in [5.74, 6) is -0.499. The zero-order valence-electron chi connectivity index (χ0n) is 19.1. The van der Waals surface area contributed by atoms with E-state index in [-0.39, 0.29) is 14.7 Å². The Morgan fingerprint density at radius 3 is 2.71 bits per heavy atom. The Hall–Kier alpha value is -3.57. The van der Waals surface area contributed by atoms with Crippen molar-refractivity contribution in [2.24, 2.45) is 7.05 Å². The minimum atomic E-state index is -0.300. The third-order valence-electron chi connectivity index (χ3n) is 5.94. The van der Waals surface area contributed by atoms with E-state index in [1.807, 2.05) is 19.4 Å². The molecular weight excluding hydrogens is 452 g/mol. The number of carbonyl (C=O) groups excluding carboxylic acids is 2. The second kappa shape index (κ2) is 9.35. The summed E-state index contributed by atoms with van der Waals surface area (Å²) in [6.07, 6.45) is 11.1. The Balaban J connectivity index is 0.00000180. The molecule has 1 aliphatic heterocycles. The van der Waals surface area contributed by atoms with Gasteiger partial charge in [-0.3, -0.25) is 19.3 Å². The van der Waals surface area contributed by atoms with Crippen LogP contribution in [0.25, 0.3) is 15.3 Å². The number of pyridine rings is 1. The summed E-state index contributed by atoms with van der Waals surface area (Å²) in [6.45, 7) is 5.40. The van der Waals surface area contributed by atoms with Gasteiger partial charge in [-0.25, -0.2) is 4.52 Å². The molecule has 4 aromatic heterocycles. The maximum absolute atomic E-state index is 13.1. The van der Waals surface area contributed by atoms with Crippen molar-refractivity contribution in [1.29, 1.82) is 0 Å². The molecule has 0 aromatic carbocycles. The lowest BCUT2D eigenvalue weighted by molar-refractivity contribution is 0.0948. The first-order chi connectivity index (χ1) is 16.5. The van der Waals surface area contributed by atoms with Gasteiger partial charge in [-0.2, -0.15) is 10.2 Å². The van der Waals surface area contributed by atoms with Crippen LogP contribution in [0.3, 0.4) is 0 Å². The minimum absolute atomic E-state index is 0. The highest BCUT2D eigenvalue weighted by Crippen LogP contribution is 2.30. The second-order valence-corrected chi connectivity index (χ2v) is 9.45. The zero-order valence-corrected chi connectivity index (χ0v) is 19.9. The van der Waals surface area contributed by atoms with Crippen molar-refractivity contribution in [2.75, 3.05) is 31.5 Å². The number of likely N-dealkylation sites (tertiary alicyclic amines) is 1. The van der Waals surface area contributed by atoms with Crippen molar-refractivity contribution >= 4 is 33.7 Å². The molecule has 2 N–H and O–H groups in total. The van der Waals surface area contributed by atoms with Gasteiger partial charge in [0.25, 0.3) is 11.8 Å². The predicted octanol–water partition coefficient (Wildman–Crippen LogP) is 3.07. The first-order valence-corrected chi connectivity index (χ1v) is 12.0. The summed E-state index contributed by atoms with van der Waals surface area (Å²) in [5, 5.41) is 14.4. The molecule has 5 heterocycles. The van der Waals surface area contributed by atoms with Gasteiger partial charge in [0.1, 0.15) is 4.83 Å². The molecule has 0 atom stereocenters. The second-order valence-electron chi connectivity index (χ2n) is 8.42. The van der Waals surface area contributed by atoms with Gasteiger partial charge in [0.2, 0.25) is 0 Å². The van der Waals surface area contributed by atoms with E-state index in [0.717, 1.165) is 34.9 Å². The van der Waals surface area contributed by atoms with Crippen molar-refractivity contribution in [1.82, 2.24) is 34.6 Å². The average Bonchev–Trinajstić information content (AvgIpc) is 3.59. The third kappa shape index (κ3) is 4.57. The fourth-order valence-electron chi connectivity index (χ4n) is 4.03. The van der Waals surface area contributed by atoms with Crippen LogP contribution in [-0.4, -0.2) is 67.3 Å². The molecule has 2 amide bonds. The van der Waals surface area contributed by atoms with E-state index in [0.29, 0.717) is 29.1 Å². The van der Waals surface area contributed by atoms with E-state index >= 15 is 0 Å². The number of hydrogen-bond donors (Lipinski definition) is 2. The number of aromatic nitrogens is 5. The quantitative estimate of drug-likeness (QED) is 0.419. The van der Waals surface area contributed by atoms with Crippen LogP contribution in [0.1, 0.15) is 42.1 Å². The van der Waals surface area contributed by atoms with Gasteiger partial charge in [0.05, 0.1) is 39.8 Å². The van der Waals surface area contributed by atoms with Gasteiger partial charge >= 0.3 is 0 Å². The molecule has 0 radical (unpaired) electrons. The molecule has 1 saturated heterocycles. The monoisotopic (exact) mass is 482 g/mol. The highest BCUT2D eigenvalue weighted by molar-refractivity contribution is 7.21. The molecule has 5 rings (SSSR count). The molecule has 180 valence electrons. The van der Waals surface area contributed by atoms with Crippen molar-refractivity contribution < 1.29 is 12.4 Å². The van der Waals surface area contributed by atoms with E-state index in [1.165, 1.54) is 30.4 Å². The highest BCUT2D eigenvalue weighted by atomic mass is 32.1. The molecule has 10 nitrogen and oxygen atoms in total. The Bertz CT molecular complexity index is 1360. The SMILES string of the molecule is Cc1ncc(C(=O)NCCN2CCCC2)cc1NC(=O)c1cnn2cc(-c3cnn(C)c3)sc12.[HH].[HH]. The number of carbonyl (C=O) groups is 2. The maximum Gasteiger partial charge on any atom is 0.260 e. The number of thiazole rings is 1. The Labute approximate surface area is 203 Å². The number of hydrogen-bond acceptors (Lipinski definition) is 7. The van der Waals surface area contributed by atoms with Crippen LogP contribution >= 0.6 is 11.3 Å². The van der Waals surface area contributed by atoms with E-state index in [9.17, 15) is 9.59 Å². The highest BCUT2D eigenvalue weighted by Gasteiger charge is 2.19. The van der Waals surface area contributed by atoms with Crippen LogP contribution in [0.15, 0.2) is 37.1 Å². The molecule has 11 heteroatoms. The fourth-order valence-corrected chi connectivity index (χ4v) is 5.07. The molecule has 34 heavy (non-hydrogen) atoms. The van der Waals surface area contributed by atoms with E-state index < -0.39 is 0 Å². The van der Waals surface area contributed by atoms with Crippen LogP contribution in [0, 0.1) is 6.92 Å². The molecule has 0 aliphatic carbocycles. The number of amides is 2. The minimum Gasteiger partial charge on any atom is -0.351 e. The lowest BCUT2D eigenvalue weighted by Crippen LogP contribution is -2.33. The fraction of sp³-hybridized carbons (Fsp3) is 0.348. The predicted molar refractivity (Wildman–Crippen MR) is 134 cm³/mol. The number of rotatable bonds is 7. The van der Waals surface area contributed by atoms with Crippen molar-refractivity contribution in [3.63, 3.8) is 0 Å². The van der Waals surface area contributed by atoms with Crippen LogP contribution < -0.4 is 10.6 Å². The van der Waals surface area contributed by atoms with Gasteiger partial charge in [-0.1, -0.05) is 0 Å². The van der Waals surface area contributed by atoms with Crippen LogP contribution in [0.4, 0.5) is 5.69 Å². The van der Waals surface area contributed by atoms with Crippen molar-refractivity contribution in [2.45, 2.75) is 19.8 Å². The summed E-state index contributed by atoms with van der Waals surface area (Å²) >= 11 is 1.47. The summed E-state index contributed by atoms with van der Waals surface area (Å²) < 4.78 is 3.42. The van der Waals surface area contributed by atoms with Crippen molar-refractivity contribution in [3.05, 3.63) is 53.9 Å². The topological polar surface area (TPSA) is 109 Å². The Kier molecular flexibility index (Phi) is 6.12. The average molecular weight is 483 g/mol. The molecule has 0 unspecified atom stereocenters. The first-order valence-electron chi connectivity index (χ1n) is 11.2. The molecule has 1 fully saturated rings. The normalized spacial score (nSPS) is 14.1. The standard InChI is InChI=1S/C23H26N8O2S.2H2/c1-15-19(9-16(10-25-15)21(32)24-5-8-30-6-3-4-7-30)28-22(33)18-12-27-31-14-20(34-23(18)31)17-11-26-29(2)13-17;;/h9-14H,3-8H2,1-2H3,(H,24,32)(H,28,33);2*1H. The van der Waals surface area contributed by atoms with Gasteiger partial charge in [-0.15, -0.1) is 11.3 Å². The summed E-state index contributed by atoms with van der Waals surface area (Å²) in [5.41, 5.74) is 2.97.